The summed E-state index contributed by atoms with van der Waals surface area (Å²) < 4.78 is 11.7. The Bertz CT molecular complexity index is 576. The van der Waals surface area contributed by atoms with Crippen molar-refractivity contribution in [2.24, 2.45) is 10.7 Å². The highest BCUT2D eigenvalue weighted by Crippen LogP contribution is 2.23. The number of nitrogens with one attached hydrogen (secondary N) is 1. The third-order valence-electron chi connectivity index (χ3n) is 5.05. The van der Waals surface area contributed by atoms with Crippen LogP contribution in [0.25, 0.3) is 0 Å². The van der Waals surface area contributed by atoms with Gasteiger partial charge in [-0.15, -0.1) is 0 Å². The van der Waals surface area contributed by atoms with Gasteiger partial charge in [0, 0.05) is 18.2 Å². The maximum absolute atomic E-state index is 6.08. The van der Waals surface area contributed by atoms with Crippen LogP contribution in [0.2, 0.25) is 0 Å². The third kappa shape index (κ3) is 5.63. The molecule has 2 aliphatic rings. The first-order chi connectivity index (χ1) is 12.2. The van der Waals surface area contributed by atoms with Crippen molar-refractivity contribution < 1.29 is 9.47 Å². The first-order valence-corrected chi connectivity index (χ1v) is 9.61. The van der Waals surface area contributed by atoms with Gasteiger partial charge in [-0.05, 0) is 44.2 Å². The van der Waals surface area contributed by atoms with Gasteiger partial charge in [0.15, 0.2) is 5.96 Å². The number of hydrogen-bond acceptors (Lipinski definition) is 3. The molecule has 25 heavy (non-hydrogen) atoms. The summed E-state index contributed by atoms with van der Waals surface area (Å²) in [6.07, 6.45) is 8.71. The zero-order valence-electron chi connectivity index (χ0n) is 15.3. The number of rotatable bonds is 6. The Labute approximate surface area is 151 Å². The Morgan fingerprint density at radius 2 is 2.08 bits per heavy atom. The van der Waals surface area contributed by atoms with Crippen molar-refractivity contribution in [1.82, 2.24) is 5.32 Å². The lowest BCUT2D eigenvalue weighted by molar-refractivity contribution is 0.0676. The van der Waals surface area contributed by atoms with Crippen molar-refractivity contribution in [1.29, 1.82) is 0 Å². The van der Waals surface area contributed by atoms with E-state index < -0.39 is 0 Å². The van der Waals surface area contributed by atoms with E-state index in [1.807, 2.05) is 0 Å². The Hall–Kier alpha value is -1.75. The van der Waals surface area contributed by atoms with Crippen molar-refractivity contribution in [3.05, 3.63) is 29.3 Å². The van der Waals surface area contributed by atoms with Crippen molar-refractivity contribution in [2.45, 2.75) is 70.6 Å². The maximum Gasteiger partial charge on any atom is 0.189 e. The second-order valence-electron chi connectivity index (χ2n) is 7.24. The summed E-state index contributed by atoms with van der Waals surface area (Å²) in [5.74, 6) is 1.43. The number of guanidine groups is 1. The van der Waals surface area contributed by atoms with Gasteiger partial charge < -0.3 is 20.5 Å². The van der Waals surface area contributed by atoms with Crippen LogP contribution in [0.1, 0.15) is 56.1 Å². The molecule has 1 aromatic carbocycles. The van der Waals surface area contributed by atoms with E-state index in [1.54, 1.807) is 0 Å². The first kappa shape index (κ1) is 18.1. The Kier molecular flexibility index (Phi) is 6.56. The largest absolute Gasteiger partial charge is 0.491 e. The molecule has 1 aromatic rings. The molecule has 1 aliphatic heterocycles. The van der Waals surface area contributed by atoms with Crippen molar-refractivity contribution >= 4 is 5.96 Å². The van der Waals surface area contributed by atoms with Crippen LogP contribution in [-0.4, -0.2) is 31.3 Å². The molecule has 1 heterocycles. The topological polar surface area (TPSA) is 68.9 Å². The number of ether oxygens (including phenoxy) is 2. The summed E-state index contributed by atoms with van der Waals surface area (Å²) in [6.45, 7) is 4.07. The predicted octanol–water partition coefficient (Wildman–Crippen LogP) is 3.29. The molecule has 0 bridgehead atoms. The van der Waals surface area contributed by atoms with Gasteiger partial charge in [-0.1, -0.05) is 31.4 Å². The van der Waals surface area contributed by atoms with Crippen molar-refractivity contribution in [2.75, 3.05) is 13.2 Å². The summed E-state index contributed by atoms with van der Waals surface area (Å²) in [4.78, 5) is 4.53. The van der Waals surface area contributed by atoms with Gasteiger partial charge in [0.2, 0.25) is 0 Å². The van der Waals surface area contributed by atoms with Gasteiger partial charge in [0.05, 0.1) is 12.6 Å². The highest BCUT2D eigenvalue weighted by Gasteiger charge is 2.17. The number of hydrogen-bond donors (Lipinski definition) is 2. The molecule has 1 saturated carbocycles. The third-order valence-corrected chi connectivity index (χ3v) is 5.05. The molecule has 0 radical (unpaired) electrons. The molecule has 2 fully saturated rings. The Balaban J connectivity index is 1.57. The molecule has 0 spiro atoms. The minimum atomic E-state index is 0.218. The van der Waals surface area contributed by atoms with E-state index in [-0.39, 0.29) is 6.10 Å². The number of nitrogens with two attached hydrogens (primary N) is 1. The zero-order chi connectivity index (χ0) is 17.5. The van der Waals surface area contributed by atoms with E-state index >= 15 is 0 Å². The SMILES string of the molecule is Cc1ccc(CN=C(N)NC2CCCCC2)c(OCC2CCCO2)c1. The molecule has 3 N–H and O–H groups in total. The lowest BCUT2D eigenvalue weighted by Gasteiger charge is -2.23. The molecule has 1 atom stereocenters. The fraction of sp³-hybridized carbons (Fsp3) is 0.650. The van der Waals surface area contributed by atoms with Crippen LogP contribution in [0, 0.1) is 6.92 Å². The van der Waals surface area contributed by atoms with Gasteiger partial charge in [0.25, 0.3) is 0 Å². The van der Waals surface area contributed by atoms with Crippen LogP contribution in [-0.2, 0) is 11.3 Å². The van der Waals surface area contributed by atoms with Gasteiger partial charge >= 0.3 is 0 Å². The molecule has 0 amide bonds. The second kappa shape index (κ2) is 9.09. The molecule has 5 nitrogen and oxygen atoms in total. The smallest absolute Gasteiger partial charge is 0.189 e. The normalized spacial score (nSPS) is 22.1. The highest BCUT2D eigenvalue weighted by atomic mass is 16.5. The van der Waals surface area contributed by atoms with Crippen molar-refractivity contribution in [3.63, 3.8) is 0 Å². The molecule has 0 aromatic heterocycles. The van der Waals surface area contributed by atoms with Crippen LogP contribution >= 0.6 is 0 Å². The lowest BCUT2D eigenvalue weighted by atomic mass is 9.96. The molecule has 138 valence electrons. The van der Waals surface area contributed by atoms with E-state index in [2.05, 4.69) is 35.4 Å². The summed E-state index contributed by atoms with van der Waals surface area (Å²) in [5.41, 5.74) is 8.33. The fourth-order valence-electron chi connectivity index (χ4n) is 3.56. The van der Waals surface area contributed by atoms with Gasteiger partial charge in [-0.3, -0.25) is 0 Å². The summed E-state index contributed by atoms with van der Waals surface area (Å²) in [6, 6.07) is 6.72. The number of benzene rings is 1. The highest BCUT2D eigenvalue weighted by molar-refractivity contribution is 5.78. The number of aryl methyl sites for hydroxylation is 1. The molecular weight excluding hydrogens is 314 g/mol. The average Bonchev–Trinajstić information content (AvgIpc) is 3.13. The molecule has 3 rings (SSSR count). The standard InChI is InChI=1S/C20H31N3O2/c1-15-9-10-16(19(12-15)25-14-18-8-5-11-24-18)13-22-20(21)23-17-6-3-2-4-7-17/h9-10,12,17-18H,2-8,11,13-14H2,1H3,(H3,21,22,23). The van der Waals surface area contributed by atoms with Gasteiger partial charge in [-0.25, -0.2) is 4.99 Å². The Morgan fingerprint density at radius 3 is 2.84 bits per heavy atom. The first-order valence-electron chi connectivity index (χ1n) is 9.61. The quantitative estimate of drug-likeness (QED) is 0.613. The minimum absolute atomic E-state index is 0.218. The van der Waals surface area contributed by atoms with Gasteiger partial charge in [0.1, 0.15) is 12.4 Å². The zero-order valence-corrected chi connectivity index (χ0v) is 15.3. The van der Waals surface area contributed by atoms with Crippen LogP contribution in [0.4, 0.5) is 0 Å². The van der Waals surface area contributed by atoms with E-state index in [9.17, 15) is 0 Å². The molecular formula is C20H31N3O2. The summed E-state index contributed by atoms with van der Waals surface area (Å²) in [5, 5.41) is 3.36. The second-order valence-corrected chi connectivity index (χ2v) is 7.24. The van der Waals surface area contributed by atoms with E-state index in [4.69, 9.17) is 15.2 Å². The van der Waals surface area contributed by atoms with Crippen LogP contribution in [0.15, 0.2) is 23.2 Å². The number of nitrogens with zero attached hydrogens (tertiary/aromatic N) is 1. The van der Waals surface area contributed by atoms with E-state index in [0.29, 0.717) is 25.2 Å². The van der Waals surface area contributed by atoms with Crippen LogP contribution < -0.4 is 15.8 Å². The minimum Gasteiger partial charge on any atom is -0.491 e. The Morgan fingerprint density at radius 1 is 1.24 bits per heavy atom. The molecule has 1 unspecified atom stereocenters. The van der Waals surface area contributed by atoms with Gasteiger partial charge in [-0.2, -0.15) is 0 Å². The molecule has 5 heteroatoms. The molecule has 1 saturated heterocycles. The van der Waals surface area contributed by atoms with Crippen LogP contribution in [0.5, 0.6) is 5.75 Å². The maximum atomic E-state index is 6.08. The van der Waals surface area contributed by atoms with E-state index in [0.717, 1.165) is 30.8 Å². The monoisotopic (exact) mass is 345 g/mol. The lowest BCUT2D eigenvalue weighted by Crippen LogP contribution is -2.41. The molecule has 1 aliphatic carbocycles. The predicted molar refractivity (Wildman–Crippen MR) is 101 cm³/mol. The summed E-state index contributed by atoms with van der Waals surface area (Å²) in [7, 11) is 0. The van der Waals surface area contributed by atoms with E-state index in [1.165, 1.54) is 37.7 Å². The average molecular weight is 345 g/mol. The van der Waals surface area contributed by atoms with Crippen molar-refractivity contribution in [3.8, 4) is 5.75 Å². The number of aliphatic imine (C=N–C) groups is 1. The fourth-order valence-corrected chi connectivity index (χ4v) is 3.56. The van der Waals surface area contributed by atoms with Crippen LogP contribution in [0.3, 0.4) is 0 Å². The summed E-state index contributed by atoms with van der Waals surface area (Å²) >= 11 is 0.